The Morgan fingerprint density at radius 3 is 2.56 bits per heavy atom. The standard InChI is InChI=1S/C20H21NO4/c1-3-14-8-10-16(11-9-14)25-20(23)15-12-19(22)21(13-15)17-6-4-5-7-18(17)24-2/h4-11,15H,3,12-13H2,1-2H3/t15-/m1/s1. The first kappa shape index (κ1) is 17.0. The third-order valence-corrected chi connectivity index (χ3v) is 4.38. The van der Waals surface area contributed by atoms with Crippen LogP contribution >= 0.6 is 0 Å². The van der Waals surface area contributed by atoms with Crippen molar-refractivity contribution in [1.29, 1.82) is 0 Å². The van der Waals surface area contributed by atoms with Gasteiger partial charge in [0, 0.05) is 13.0 Å². The lowest BCUT2D eigenvalue weighted by molar-refractivity contribution is -0.139. The molecule has 1 saturated heterocycles. The maximum absolute atomic E-state index is 12.4. The molecule has 2 aromatic carbocycles. The molecular weight excluding hydrogens is 318 g/mol. The number of nitrogens with zero attached hydrogens (tertiary/aromatic N) is 1. The molecule has 0 unspecified atom stereocenters. The maximum atomic E-state index is 12.4. The van der Waals surface area contributed by atoms with Gasteiger partial charge in [-0.2, -0.15) is 0 Å². The monoisotopic (exact) mass is 339 g/mol. The summed E-state index contributed by atoms with van der Waals surface area (Å²) in [6.45, 7) is 2.36. The number of hydrogen-bond donors (Lipinski definition) is 0. The predicted molar refractivity (Wildman–Crippen MR) is 94.9 cm³/mol. The van der Waals surface area contributed by atoms with Gasteiger partial charge in [-0.05, 0) is 36.2 Å². The van der Waals surface area contributed by atoms with Crippen LogP contribution in [0.5, 0.6) is 11.5 Å². The molecule has 0 saturated carbocycles. The largest absolute Gasteiger partial charge is 0.495 e. The molecule has 1 fully saturated rings. The molecule has 25 heavy (non-hydrogen) atoms. The third kappa shape index (κ3) is 3.65. The molecule has 3 rings (SSSR count). The van der Waals surface area contributed by atoms with Crippen molar-refractivity contribution in [1.82, 2.24) is 0 Å². The van der Waals surface area contributed by atoms with Crippen molar-refractivity contribution in [3.8, 4) is 11.5 Å². The molecule has 5 nitrogen and oxygen atoms in total. The van der Waals surface area contributed by atoms with Crippen LogP contribution in [0.1, 0.15) is 18.9 Å². The second kappa shape index (κ2) is 7.38. The van der Waals surface area contributed by atoms with Crippen molar-refractivity contribution in [3.63, 3.8) is 0 Å². The number of para-hydroxylation sites is 2. The van der Waals surface area contributed by atoms with E-state index in [1.807, 2.05) is 30.3 Å². The number of rotatable bonds is 5. The van der Waals surface area contributed by atoms with Crippen molar-refractivity contribution in [2.24, 2.45) is 5.92 Å². The Balaban J connectivity index is 1.70. The quantitative estimate of drug-likeness (QED) is 0.620. The van der Waals surface area contributed by atoms with Gasteiger partial charge in [0.1, 0.15) is 11.5 Å². The third-order valence-electron chi connectivity index (χ3n) is 4.38. The summed E-state index contributed by atoms with van der Waals surface area (Å²) in [6.07, 6.45) is 1.07. The van der Waals surface area contributed by atoms with Gasteiger partial charge >= 0.3 is 5.97 Å². The van der Waals surface area contributed by atoms with E-state index in [1.165, 1.54) is 5.56 Å². The Labute approximate surface area is 147 Å². The van der Waals surface area contributed by atoms with Crippen molar-refractivity contribution >= 4 is 17.6 Å². The smallest absolute Gasteiger partial charge is 0.316 e. The van der Waals surface area contributed by atoms with Crippen LogP contribution in [-0.2, 0) is 16.0 Å². The Hall–Kier alpha value is -2.82. The van der Waals surface area contributed by atoms with Crippen molar-refractivity contribution < 1.29 is 19.1 Å². The molecule has 0 aromatic heterocycles. The Bertz CT molecular complexity index is 770. The molecule has 1 amide bonds. The van der Waals surface area contributed by atoms with Crippen LogP contribution in [-0.4, -0.2) is 25.5 Å². The highest BCUT2D eigenvalue weighted by Gasteiger charge is 2.37. The van der Waals surface area contributed by atoms with Crippen molar-refractivity contribution in [2.75, 3.05) is 18.6 Å². The van der Waals surface area contributed by atoms with Gasteiger partial charge < -0.3 is 14.4 Å². The molecule has 0 aliphatic carbocycles. The Kier molecular flexibility index (Phi) is 5.03. The summed E-state index contributed by atoms with van der Waals surface area (Å²) in [6, 6.07) is 14.7. The van der Waals surface area contributed by atoms with E-state index in [4.69, 9.17) is 9.47 Å². The van der Waals surface area contributed by atoms with E-state index in [-0.39, 0.29) is 18.3 Å². The molecule has 5 heteroatoms. The zero-order valence-electron chi connectivity index (χ0n) is 14.4. The lowest BCUT2D eigenvalue weighted by Gasteiger charge is -2.19. The maximum Gasteiger partial charge on any atom is 0.316 e. The minimum atomic E-state index is -0.483. The predicted octanol–water partition coefficient (Wildman–Crippen LogP) is 3.22. The molecule has 0 radical (unpaired) electrons. The molecule has 1 atom stereocenters. The number of benzene rings is 2. The minimum Gasteiger partial charge on any atom is -0.495 e. The van der Waals surface area contributed by atoms with E-state index in [2.05, 4.69) is 6.92 Å². The van der Waals surface area contributed by atoms with Crippen LogP contribution in [0.25, 0.3) is 0 Å². The second-order valence-electron chi connectivity index (χ2n) is 6.00. The molecule has 1 heterocycles. The number of aryl methyl sites for hydroxylation is 1. The van der Waals surface area contributed by atoms with Gasteiger partial charge in [0.25, 0.3) is 0 Å². The summed E-state index contributed by atoms with van der Waals surface area (Å²) in [5.41, 5.74) is 1.86. The van der Waals surface area contributed by atoms with E-state index in [1.54, 1.807) is 30.2 Å². The highest BCUT2D eigenvalue weighted by atomic mass is 16.5. The summed E-state index contributed by atoms with van der Waals surface area (Å²) in [4.78, 5) is 26.4. The fourth-order valence-electron chi connectivity index (χ4n) is 2.94. The normalized spacial score (nSPS) is 16.8. The molecular formula is C20H21NO4. The summed E-state index contributed by atoms with van der Waals surface area (Å²) in [5, 5.41) is 0. The topological polar surface area (TPSA) is 55.8 Å². The lowest BCUT2D eigenvalue weighted by atomic mass is 10.1. The van der Waals surface area contributed by atoms with Gasteiger partial charge in [0.2, 0.25) is 5.91 Å². The number of carbonyl (C=O) groups is 2. The van der Waals surface area contributed by atoms with Crippen LogP contribution in [0.15, 0.2) is 48.5 Å². The van der Waals surface area contributed by atoms with Crippen LogP contribution in [0.3, 0.4) is 0 Å². The second-order valence-corrected chi connectivity index (χ2v) is 6.00. The number of ether oxygens (including phenoxy) is 2. The van der Waals surface area contributed by atoms with Gasteiger partial charge in [0.05, 0.1) is 18.7 Å². The fraction of sp³-hybridized carbons (Fsp3) is 0.300. The van der Waals surface area contributed by atoms with Crippen LogP contribution in [0.2, 0.25) is 0 Å². The highest BCUT2D eigenvalue weighted by molar-refractivity contribution is 6.00. The van der Waals surface area contributed by atoms with Gasteiger partial charge in [0.15, 0.2) is 0 Å². The molecule has 0 bridgehead atoms. The first-order valence-electron chi connectivity index (χ1n) is 8.36. The summed E-state index contributed by atoms with van der Waals surface area (Å²) in [5.74, 6) is 0.149. The van der Waals surface area contributed by atoms with E-state index >= 15 is 0 Å². The van der Waals surface area contributed by atoms with Gasteiger partial charge in [-0.25, -0.2) is 0 Å². The SMILES string of the molecule is CCc1ccc(OC(=O)[C@@H]2CC(=O)N(c3ccccc3OC)C2)cc1. The molecule has 1 aliphatic heterocycles. The van der Waals surface area contributed by atoms with Gasteiger partial charge in [-0.15, -0.1) is 0 Å². The fourth-order valence-corrected chi connectivity index (χ4v) is 2.94. The highest BCUT2D eigenvalue weighted by Crippen LogP contribution is 2.33. The van der Waals surface area contributed by atoms with Crippen LogP contribution < -0.4 is 14.4 Å². The zero-order chi connectivity index (χ0) is 17.8. The number of hydrogen-bond acceptors (Lipinski definition) is 4. The van der Waals surface area contributed by atoms with Crippen LogP contribution in [0, 0.1) is 5.92 Å². The first-order valence-corrected chi connectivity index (χ1v) is 8.36. The average Bonchev–Trinajstić information content (AvgIpc) is 3.04. The number of carbonyl (C=O) groups excluding carboxylic acids is 2. The Morgan fingerprint density at radius 2 is 1.88 bits per heavy atom. The van der Waals surface area contributed by atoms with Gasteiger partial charge in [-0.1, -0.05) is 31.2 Å². The van der Waals surface area contributed by atoms with E-state index in [0.29, 0.717) is 23.7 Å². The van der Waals surface area contributed by atoms with E-state index < -0.39 is 5.92 Å². The van der Waals surface area contributed by atoms with Gasteiger partial charge in [-0.3, -0.25) is 9.59 Å². The average molecular weight is 339 g/mol. The molecule has 0 spiro atoms. The number of amides is 1. The van der Waals surface area contributed by atoms with Crippen molar-refractivity contribution in [2.45, 2.75) is 19.8 Å². The van der Waals surface area contributed by atoms with Crippen LogP contribution in [0.4, 0.5) is 5.69 Å². The first-order chi connectivity index (χ1) is 12.1. The minimum absolute atomic E-state index is 0.104. The summed E-state index contributed by atoms with van der Waals surface area (Å²) >= 11 is 0. The Morgan fingerprint density at radius 1 is 1.16 bits per heavy atom. The number of methoxy groups -OCH3 is 1. The van der Waals surface area contributed by atoms with Crippen molar-refractivity contribution in [3.05, 3.63) is 54.1 Å². The number of anilines is 1. The number of esters is 1. The molecule has 2 aromatic rings. The van der Waals surface area contributed by atoms with E-state index in [9.17, 15) is 9.59 Å². The molecule has 1 aliphatic rings. The van der Waals surface area contributed by atoms with E-state index in [0.717, 1.165) is 6.42 Å². The zero-order valence-corrected chi connectivity index (χ0v) is 14.4. The summed E-state index contributed by atoms with van der Waals surface area (Å²) in [7, 11) is 1.56. The summed E-state index contributed by atoms with van der Waals surface area (Å²) < 4.78 is 10.7. The molecule has 130 valence electrons. The lowest BCUT2D eigenvalue weighted by Crippen LogP contribution is -2.27. The molecule has 0 N–H and O–H groups in total.